The summed E-state index contributed by atoms with van der Waals surface area (Å²) >= 11 is 0. The molecule has 3 heterocycles. The summed E-state index contributed by atoms with van der Waals surface area (Å²) in [5.74, 6) is 0.570. The van der Waals surface area contributed by atoms with E-state index in [4.69, 9.17) is 0 Å². The molecule has 0 amide bonds. The quantitative estimate of drug-likeness (QED) is 0.710. The van der Waals surface area contributed by atoms with Crippen LogP contribution in [-0.2, 0) is 13.6 Å². The molecule has 0 bridgehead atoms. The predicted octanol–water partition coefficient (Wildman–Crippen LogP) is 0.869. The van der Waals surface area contributed by atoms with Crippen molar-refractivity contribution < 1.29 is 0 Å². The van der Waals surface area contributed by atoms with Crippen LogP contribution in [0, 0.1) is 13.8 Å². The predicted molar refractivity (Wildman–Crippen MR) is 80.8 cm³/mol. The molecule has 7 nitrogen and oxygen atoms in total. The number of aromatic nitrogens is 5. The summed E-state index contributed by atoms with van der Waals surface area (Å²) in [4.78, 5) is 32.5. The lowest BCUT2D eigenvalue weighted by Gasteiger charge is -2.07. The van der Waals surface area contributed by atoms with Crippen LogP contribution in [0.4, 0.5) is 0 Å². The Hall–Kier alpha value is -2.57. The van der Waals surface area contributed by atoms with Crippen molar-refractivity contribution in [1.82, 2.24) is 23.5 Å². The van der Waals surface area contributed by atoms with E-state index in [2.05, 4.69) is 16.5 Å². The summed E-state index contributed by atoms with van der Waals surface area (Å²) in [6.07, 6.45) is 0. The largest absolute Gasteiger partial charge is 0.332 e. The molecule has 0 aliphatic carbocycles. The SMILES string of the molecule is C=C(C)Cn1c(=O)c2c(nc3[nH]c(C)c(C)n32)n(C)c1=O. The van der Waals surface area contributed by atoms with Crippen molar-refractivity contribution >= 4 is 16.9 Å². The van der Waals surface area contributed by atoms with Crippen LogP contribution in [0.5, 0.6) is 0 Å². The second kappa shape index (κ2) is 4.21. The number of hydrogen-bond acceptors (Lipinski definition) is 3. The Labute approximate surface area is 120 Å². The minimum atomic E-state index is -0.384. The van der Waals surface area contributed by atoms with Gasteiger partial charge in [-0.1, -0.05) is 12.2 Å². The Morgan fingerprint density at radius 1 is 1.33 bits per heavy atom. The highest BCUT2D eigenvalue weighted by Gasteiger charge is 2.19. The number of fused-ring (bicyclic) bond motifs is 3. The topological polar surface area (TPSA) is 77.1 Å². The lowest BCUT2D eigenvalue weighted by Crippen LogP contribution is -2.39. The molecule has 21 heavy (non-hydrogen) atoms. The van der Waals surface area contributed by atoms with Crippen molar-refractivity contribution in [3.63, 3.8) is 0 Å². The summed E-state index contributed by atoms with van der Waals surface area (Å²) in [6, 6.07) is 0. The van der Waals surface area contributed by atoms with Gasteiger partial charge in [0.25, 0.3) is 5.56 Å². The number of allylic oxidation sites excluding steroid dienone is 1. The van der Waals surface area contributed by atoms with E-state index in [0.717, 1.165) is 17.0 Å². The molecule has 3 aromatic heterocycles. The van der Waals surface area contributed by atoms with Crippen LogP contribution in [0.3, 0.4) is 0 Å². The molecule has 0 aromatic carbocycles. The van der Waals surface area contributed by atoms with Crippen LogP contribution < -0.4 is 11.2 Å². The number of aromatic amines is 1. The molecule has 0 saturated carbocycles. The van der Waals surface area contributed by atoms with Gasteiger partial charge in [0.2, 0.25) is 5.78 Å². The fourth-order valence-corrected chi connectivity index (χ4v) is 2.57. The number of rotatable bonds is 2. The van der Waals surface area contributed by atoms with Gasteiger partial charge in [0, 0.05) is 18.4 Å². The van der Waals surface area contributed by atoms with Gasteiger partial charge in [-0.05, 0) is 20.8 Å². The monoisotopic (exact) mass is 287 g/mol. The third-order valence-corrected chi connectivity index (χ3v) is 3.75. The van der Waals surface area contributed by atoms with Crippen molar-refractivity contribution in [2.75, 3.05) is 0 Å². The zero-order valence-corrected chi connectivity index (χ0v) is 12.5. The molecule has 0 fully saturated rings. The first-order valence-electron chi connectivity index (χ1n) is 6.64. The Kier molecular flexibility index (Phi) is 2.69. The summed E-state index contributed by atoms with van der Waals surface area (Å²) in [6.45, 7) is 9.60. The Morgan fingerprint density at radius 3 is 2.62 bits per heavy atom. The zero-order valence-electron chi connectivity index (χ0n) is 12.5. The van der Waals surface area contributed by atoms with Crippen LogP contribution in [-0.4, -0.2) is 23.5 Å². The highest BCUT2D eigenvalue weighted by Crippen LogP contribution is 2.16. The van der Waals surface area contributed by atoms with Gasteiger partial charge in [0.1, 0.15) is 0 Å². The Balaban J connectivity index is 2.58. The van der Waals surface area contributed by atoms with Crippen molar-refractivity contribution in [2.45, 2.75) is 27.3 Å². The zero-order chi connectivity index (χ0) is 15.5. The van der Waals surface area contributed by atoms with E-state index in [1.54, 1.807) is 18.4 Å². The van der Waals surface area contributed by atoms with E-state index in [9.17, 15) is 9.59 Å². The highest BCUT2D eigenvalue weighted by molar-refractivity contribution is 5.76. The molecule has 0 aliphatic rings. The fraction of sp³-hybridized carbons (Fsp3) is 0.357. The maximum atomic E-state index is 12.7. The third kappa shape index (κ3) is 1.70. The summed E-state index contributed by atoms with van der Waals surface area (Å²) < 4.78 is 4.36. The number of nitrogens with one attached hydrogen (secondary N) is 1. The Bertz CT molecular complexity index is 1010. The van der Waals surface area contributed by atoms with E-state index in [0.29, 0.717) is 16.9 Å². The second-order valence-corrected chi connectivity index (χ2v) is 5.47. The third-order valence-electron chi connectivity index (χ3n) is 3.75. The molecular formula is C14H17N5O2. The minimum absolute atomic E-state index is 0.205. The van der Waals surface area contributed by atoms with Crippen molar-refractivity contribution in [3.8, 4) is 0 Å². The smallest absolute Gasteiger partial charge is 0.327 e. The van der Waals surface area contributed by atoms with Gasteiger partial charge in [0.05, 0.1) is 6.54 Å². The standard InChI is InChI=1S/C14H17N5O2/c1-7(2)6-18-12(20)10-11(17(5)14(18)21)16-13-15-8(3)9(4)19(10)13/h1,6H2,2-5H3,(H,15,16). The molecule has 0 spiro atoms. The molecule has 110 valence electrons. The Morgan fingerprint density at radius 2 is 2.00 bits per heavy atom. The van der Waals surface area contributed by atoms with E-state index < -0.39 is 0 Å². The average Bonchev–Trinajstić information content (AvgIpc) is 2.90. The number of aryl methyl sites for hydroxylation is 3. The lowest BCUT2D eigenvalue weighted by atomic mass is 10.3. The summed E-state index contributed by atoms with van der Waals surface area (Å²) in [7, 11) is 1.62. The number of hydrogen-bond donors (Lipinski definition) is 1. The van der Waals surface area contributed by atoms with E-state index in [1.165, 1.54) is 9.13 Å². The van der Waals surface area contributed by atoms with Crippen LogP contribution in [0.25, 0.3) is 16.9 Å². The molecule has 0 atom stereocenters. The van der Waals surface area contributed by atoms with Gasteiger partial charge >= 0.3 is 5.69 Å². The van der Waals surface area contributed by atoms with Gasteiger partial charge in [-0.2, -0.15) is 4.98 Å². The van der Waals surface area contributed by atoms with Gasteiger partial charge < -0.3 is 4.98 Å². The molecule has 0 aliphatic heterocycles. The highest BCUT2D eigenvalue weighted by atomic mass is 16.2. The molecule has 0 radical (unpaired) electrons. The minimum Gasteiger partial charge on any atom is -0.327 e. The van der Waals surface area contributed by atoms with Gasteiger partial charge in [-0.15, -0.1) is 0 Å². The van der Waals surface area contributed by atoms with E-state index in [1.807, 2.05) is 13.8 Å². The molecular weight excluding hydrogens is 270 g/mol. The first-order chi connectivity index (χ1) is 9.82. The molecule has 3 aromatic rings. The van der Waals surface area contributed by atoms with Gasteiger partial charge in [-0.25, -0.2) is 4.79 Å². The fourth-order valence-electron chi connectivity index (χ4n) is 2.57. The lowest BCUT2D eigenvalue weighted by molar-refractivity contribution is 0.651. The molecule has 3 rings (SSSR count). The van der Waals surface area contributed by atoms with Crippen LogP contribution in [0.15, 0.2) is 21.7 Å². The van der Waals surface area contributed by atoms with Gasteiger partial charge in [0.15, 0.2) is 11.2 Å². The molecule has 0 unspecified atom stereocenters. The van der Waals surface area contributed by atoms with E-state index >= 15 is 0 Å². The number of imidazole rings is 2. The van der Waals surface area contributed by atoms with Crippen LogP contribution >= 0.6 is 0 Å². The normalized spacial score (nSPS) is 11.6. The summed E-state index contributed by atoms with van der Waals surface area (Å²) in [5.41, 5.74) is 2.67. The summed E-state index contributed by atoms with van der Waals surface area (Å²) in [5, 5.41) is 0. The van der Waals surface area contributed by atoms with Crippen molar-refractivity contribution in [1.29, 1.82) is 0 Å². The molecule has 7 heteroatoms. The maximum Gasteiger partial charge on any atom is 0.332 e. The first-order valence-corrected chi connectivity index (χ1v) is 6.64. The van der Waals surface area contributed by atoms with Crippen LogP contribution in [0.2, 0.25) is 0 Å². The second-order valence-electron chi connectivity index (χ2n) is 5.47. The molecule has 1 N–H and O–H groups in total. The number of H-pyrrole nitrogens is 1. The van der Waals surface area contributed by atoms with Crippen molar-refractivity contribution in [2.24, 2.45) is 7.05 Å². The molecule has 0 saturated heterocycles. The van der Waals surface area contributed by atoms with E-state index in [-0.39, 0.29) is 17.8 Å². The van der Waals surface area contributed by atoms with Gasteiger partial charge in [-0.3, -0.25) is 18.3 Å². The number of nitrogens with zero attached hydrogens (tertiary/aromatic N) is 4. The first kappa shape index (κ1) is 13.4. The van der Waals surface area contributed by atoms with Crippen LogP contribution in [0.1, 0.15) is 18.3 Å². The average molecular weight is 287 g/mol. The maximum absolute atomic E-state index is 12.7. The van der Waals surface area contributed by atoms with Crippen molar-refractivity contribution in [3.05, 3.63) is 44.4 Å².